The third-order valence-corrected chi connectivity index (χ3v) is 9.12. The molecule has 33 heavy (non-hydrogen) atoms. The Kier molecular flexibility index (Phi) is 7.40. The van der Waals surface area contributed by atoms with Crippen LogP contribution >= 0.6 is 0 Å². The van der Waals surface area contributed by atoms with E-state index in [9.17, 15) is 4.79 Å². The monoisotopic (exact) mass is 459 g/mol. The summed E-state index contributed by atoms with van der Waals surface area (Å²) >= 11 is 0. The first-order valence-corrected chi connectivity index (χ1v) is 13.0. The van der Waals surface area contributed by atoms with Crippen LogP contribution in [0.2, 0.25) is 0 Å². The van der Waals surface area contributed by atoms with Crippen molar-refractivity contribution in [1.82, 2.24) is 16.0 Å². The van der Waals surface area contributed by atoms with Crippen LogP contribution in [0.5, 0.6) is 0 Å². The number of carbonyl (C=O) groups is 1. The van der Waals surface area contributed by atoms with Gasteiger partial charge in [-0.1, -0.05) is 12.8 Å². The van der Waals surface area contributed by atoms with Crippen LogP contribution in [0.3, 0.4) is 0 Å². The molecule has 0 bridgehead atoms. The van der Waals surface area contributed by atoms with Crippen LogP contribution in [0.1, 0.15) is 62.8 Å². The number of piperidine rings is 1. The lowest BCUT2D eigenvalue weighted by Crippen LogP contribution is -2.54. The highest BCUT2D eigenvalue weighted by Crippen LogP contribution is 2.44. The number of nitrogens with one attached hydrogen (secondary N) is 3. The van der Waals surface area contributed by atoms with Crippen molar-refractivity contribution in [3.05, 3.63) is 24.2 Å². The van der Waals surface area contributed by atoms with Crippen LogP contribution in [0.15, 0.2) is 23.0 Å². The maximum atomic E-state index is 13.6. The van der Waals surface area contributed by atoms with Crippen LogP contribution in [-0.4, -0.2) is 57.6 Å². The van der Waals surface area contributed by atoms with Crippen LogP contribution < -0.4 is 16.0 Å². The zero-order valence-corrected chi connectivity index (χ0v) is 20.1. The number of carbonyl (C=O) groups excluding carboxylic acids is 1. The predicted octanol–water partition coefficient (Wildman–Crippen LogP) is 3.02. The summed E-state index contributed by atoms with van der Waals surface area (Å²) in [6, 6.07) is 2.20. The summed E-state index contributed by atoms with van der Waals surface area (Å²) < 4.78 is 16.7. The van der Waals surface area contributed by atoms with Gasteiger partial charge in [0.2, 0.25) is 5.91 Å². The van der Waals surface area contributed by atoms with Gasteiger partial charge >= 0.3 is 0 Å². The van der Waals surface area contributed by atoms with Gasteiger partial charge in [0.05, 0.1) is 36.9 Å². The normalized spacial score (nSPS) is 41.5. The molecule has 2 aliphatic heterocycles. The van der Waals surface area contributed by atoms with Crippen LogP contribution in [-0.2, 0) is 14.3 Å². The molecule has 3 heterocycles. The number of ether oxygens (including phenoxy) is 2. The largest absolute Gasteiger partial charge is 0.472 e. The number of rotatable bonds is 6. The van der Waals surface area contributed by atoms with Crippen molar-refractivity contribution in [2.75, 3.05) is 27.3 Å². The molecular weight excluding hydrogens is 418 g/mol. The van der Waals surface area contributed by atoms with E-state index in [1.807, 2.05) is 6.26 Å². The second kappa shape index (κ2) is 10.5. The van der Waals surface area contributed by atoms with Crippen molar-refractivity contribution in [3.63, 3.8) is 0 Å². The lowest BCUT2D eigenvalue weighted by molar-refractivity contribution is -0.132. The summed E-state index contributed by atoms with van der Waals surface area (Å²) in [7, 11) is 3.52. The lowest BCUT2D eigenvalue weighted by Gasteiger charge is -2.43. The molecule has 3 N–H and O–H groups in total. The van der Waals surface area contributed by atoms with Gasteiger partial charge in [-0.2, -0.15) is 0 Å². The minimum Gasteiger partial charge on any atom is -0.472 e. The summed E-state index contributed by atoms with van der Waals surface area (Å²) in [5.74, 6) is 2.39. The van der Waals surface area contributed by atoms with E-state index in [4.69, 9.17) is 13.9 Å². The first-order chi connectivity index (χ1) is 16.2. The van der Waals surface area contributed by atoms with Gasteiger partial charge in [-0.15, -0.1) is 0 Å². The molecule has 0 radical (unpaired) electrons. The second-order valence-corrected chi connectivity index (χ2v) is 10.7. The van der Waals surface area contributed by atoms with Crippen molar-refractivity contribution in [1.29, 1.82) is 0 Å². The number of hydrogen-bond acceptors (Lipinski definition) is 6. The van der Waals surface area contributed by atoms with Gasteiger partial charge in [0.25, 0.3) is 0 Å². The molecule has 9 atom stereocenters. The van der Waals surface area contributed by atoms with E-state index in [1.165, 1.54) is 18.4 Å². The van der Waals surface area contributed by atoms with Crippen molar-refractivity contribution < 1.29 is 18.7 Å². The molecule has 2 saturated heterocycles. The lowest BCUT2D eigenvalue weighted by atomic mass is 9.67. The average molecular weight is 460 g/mol. The fraction of sp³-hybridized carbons (Fsp3) is 0.808. The quantitative estimate of drug-likeness (QED) is 0.607. The molecule has 9 unspecified atom stereocenters. The summed E-state index contributed by atoms with van der Waals surface area (Å²) in [5, 5.41) is 10.9. The molecule has 7 heteroatoms. The highest BCUT2D eigenvalue weighted by Gasteiger charge is 2.46. The highest BCUT2D eigenvalue weighted by molar-refractivity contribution is 5.79. The molecule has 0 aromatic carbocycles. The van der Waals surface area contributed by atoms with Crippen LogP contribution in [0.25, 0.3) is 0 Å². The Morgan fingerprint density at radius 2 is 1.88 bits per heavy atom. The zero-order valence-electron chi connectivity index (χ0n) is 20.1. The molecule has 5 rings (SSSR count). The first kappa shape index (κ1) is 23.3. The average Bonchev–Trinajstić information content (AvgIpc) is 3.53. The molecule has 7 nitrogen and oxygen atoms in total. The van der Waals surface area contributed by atoms with Gasteiger partial charge in [-0.05, 0) is 68.0 Å². The molecule has 4 aliphatic rings. The summed E-state index contributed by atoms with van der Waals surface area (Å²) in [4.78, 5) is 13.6. The third-order valence-electron chi connectivity index (χ3n) is 9.12. The number of amides is 1. The Balaban J connectivity index is 1.24. The van der Waals surface area contributed by atoms with Crippen LogP contribution in [0.4, 0.5) is 0 Å². The third kappa shape index (κ3) is 4.88. The maximum absolute atomic E-state index is 13.6. The van der Waals surface area contributed by atoms with E-state index in [1.54, 1.807) is 20.5 Å². The van der Waals surface area contributed by atoms with E-state index in [2.05, 4.69) is 22.0 Å². The fourth-order valence-electron chi connectivity index (χ4n) is 7.27. The van der Waals surface area contributed by atoms with Gasteiger partial charge in [0.15, 0.2) is 0 Å². The molecule has 2 aliphatic carbocycles. The molecule has 0 spiro atoms. The minimum absolute atomic E-state index is 0.0343. The van der Waals surface area contributed by atoms with Gasteiger partial charge in [-0.3, -0.25) is 4.79 Å². The Labute approximate surface area is 197 Å². The Hall–Kier alpha value is -1.41. The fourth-order valence-corrected chi connectivity index (χ4v) is 7.27. The number of fused-ring (bicyclic) bond motifs is 1. The molecule has 1 amide bonds. The van der Waals surface area contributed by atoms with Crippen molar-refractivity contribution in [3.8, 4) is 0 Å². The zero-order chi connectivity index (χ0) is 22.8. The van der Waals surface area contributed by atoms with Crippen molar-refractivity contribution >= 4 is 5.91 Å². The topological polar surface area (TPSA) is 84.8 Å². The smallest absolute Gasteiger partial charge is 0.223 e. The molecule has 1 aromatic heterocycles. The molecule has 2 saturated carbocycles. The van der Waals surface area contributed by atoms with E-state index < -0.39 is 0 Å². The van der Waals surface area contributed by atoms with E-state index in [0.717, 1.165) is 51.6 Å². The molecule has 184 valence electrons. The second-order valence-electron chi connectivity index (χ2n) is 10.7. The Morgan fingerprint density at radius 3 is 2.67 bits per heavy atom. The standard InChI is InChI=1S/C26H41N3O4/c1-31-18-7-8-23(24(12-18)32-2)29-26(30)20-6-4-3-5-19(20)17-11-21-22(16-9-10-33-15-16)14-28-25(21)27-13-17/h9-10,15,17-25,27-28H,3-8,11-14H2,1-2H3,(H,29,30). The van der Waals surface area contributed by atoms with E-state index in [-0.39, 0.29) is 30.1 Å². The van der Waals surface area contributed by atoms with Gasteiger partial charge in [0.1, 0.15) is 0 Å². The summed E-state index contributed by atoms with van der Waals surface area (Å²) in [6.07, 6.45) is 12.8. The van der Waals surface area contributed by atoms with Gasteiger partial charge in [-0.25, -0.2) is 0 Å². The summed E-state index contributed by atoms with van der Waals surface area (Å²) in [5.41, 5.74) is 1.30. The molecular formula is C26H41N3O4. The predicted molar refractivity (Wildman–Crippen MR) is 126 cm³/mol. The van der Waals surface area contributed by atoms with E-state index in [0.29, 0.717) is 29.8 Å². The Bertz CT molecular complexity index is 772. The summed E-state index contributed by atoms with van der Waals surface area (Å²) in [6.45, 7) is 1.99. The minimum atomic E-state index is 0.0343. The number of furan rings is 1. The van der Waals surface area contributed by atoms with Gasteiger partial charge < -0.3 is 29.8 Å². The van der Waals surface area contributed by atoms with Crippen molar-refractivity contribution in [2.24, 2.45) is 23.7 Å². The van der Waals surface area contributed by atoms with E-state index >= 15 is 0 Å². The Morgan fingerprint density at radius 1 is 1.03 bits per heavy atom. The van der Waals surface area contributed by atoms with Gasteiger partial charge in [0, 0.05) is 39.0 Å². The molecule has 4 fully saturated rings. The van der Waals surface area contributed by atoms with Crippen LogP contribution in [0, 0.1) is 23.7 Å². The molecule has 1 aromatic rings. The SMILES string of the molecule is COC1CCC(NC(=O)C2CCCCC2C2CNC3NCC(c4ccoc4)C3C2)C(OC)C1. The highest BCUT2D eigenvalue weighted by atomic mass is 16.5. The van der Waals surface area contributed by atoms with Crippen molar-refractivity contribution in [2.45, 2.75) is 81.7 Å². The number of methoxy groups -OCH3 is 2. The maximum Gasteiger partial charge on any atom is 0.223 e. The first-order valence-electron chi connectivity index (χ1n) is 13.0. The number of hydrogen-bond donors (Lipinski definition) is 3.